The van der Waals surface area contributed by atoms with Gasteiger partial charge in [-0.1, -0.05) is 41.4 Å². The van der Waals surface area contributed by atoms with Crippen LogP contribution in [-0.4, -0.2) is 0 Å². The van der Waals surface area contributed by atoms with Gasteiger partial charge in [0.1, 0.15) is 5.82 Å². The Morgan fingerprint density at radius 3 is 2.42 bits per heavy atom. The summed E-state index contributed by atoms with van der Waals surface area (Å²) in [5, 5.41) is 4.62. The quantitative estimate of drug-likeness (QED) is 0.839. The van der Waals surface area contributed by atoms with Gasteiger partial charge in [-0.15, -0.1) is 0 Å². The van der Waals surface area contributed by atoms with Gasteiger partial charge >= 0.3 is 0 Å². The molecule has 0 aliphatic carbocycles. The largest absolute Gasteiger partial charge is 0.306 e. The van der Waals surface area contributed by atoms with Crippen LogP contribution in [0.1, 0.15) is 24.1 Å². The summed E-state index contributed by atoms with van der Waals surface area (Å²) in [5.74, 6) is -0.225. The fraction of sp³-hybridized carbons (Fsp3) is 0.200. The molecule has 2 aromatic rings. The van der Waals surface area contributed by atoms with E-state index in [0.29, 0.717) is 16.6 Å². The molecule has 4 heteroatoms. The molecule has 0 bridgehead atoms. The molecule has 0 saturated heterocycles. The molecule has 2 aromatic carbocycles. The molecular weight excluding hydrogens is 284 g/mol. The summed E-state index contributed by atoms with van der Waals surface area (Å²) in [6.45, 7) is 2.66. The van der Waals surface area contributed by atoms with Crippen molar-refractivity contribution >= 4 is 23.2 Å². The highest BCUT2D eigenvalue weighted by molar-refractivity contribution is 6.35. The summed E-state index contributed by atoms with van der Waals surface area (Å²) >= 11 is 12.0. The monoisotopic (exact) mass is 297 g/mol. The van der Waals surface area contributed by atoms with E-state index in [1.807, 2.05) is 19.1 Å². The van der Waals surface area contributed by atoms with Crippen molar-refractivity contribution in [2.75, 3.05) is 0 Å². The molecule has 0 heterocycles. The van der Waals surface area contributed by atoms with Crippen LogP contribution in [-0.2, 0) is 6.54 Å². The van der Waals surface area contributed by atoms with Gasteiger partial charge in [0.05, 0.1) is 0 Å². The SMILES string of the molecule is C[C@H](NCc1ccc(Cl)cc1Cl)c1ccc(F)cc1. The lowest BCUT2D eigenvalue weighted by molar-refractivity contribution is 0.571. The molecule has 2 rings (SSSR count). The fourth-order valence-electron chi connectivity index (χ4n) is 1.80. The maximum Gasteiger partial charge on any atom is 0.123 e. The Morgan fingerprint density at radius 2 is 1.79 bits per heavy atom. The topological polar surface area (TPSA) is 12.0 Å². The Morgan fingerprint density at radius 1 is 1.11 bits per heavy atom. The molecule has 1 atom stereocenters. The highest BCUT2D eigenvalue weighted by atomic mass is 35.5. The van der Waals surface area contributed by atoms with Crippen molar-refractivity contribution in [3.05, 3.63) is 69.5 Å². The van der Waals surface area contributed by atoms with E-state index < -0.39 is 0 Å². The van der Waals surface area contributed by atoms with Crippen molar-refractivity contribution in [1.29, 1.82) is 0 Å². The van der Waals surface area contributed by atoms with E-state index >= 15 is 0 Å². The van der Waals surface area contributed by atoms with Crippen molar-refractivity contribution in [2.45, 2.75) is 19.5 Å². The molecular formula is C15H14Cl2FN. The number of rotatable bonds is 4. The minimum atomic E-state index is -0.225. The van der Waals surface area contributed by atoms with Gasteiger partial charge in [0.2, 0.25) is 0 Å². The molecule has 19 heavy (non-hydrogen) atoms. The molecule has 0 spiro atoms. The second-order valence-corrected chi connectivity index (χ2v) is 5.23. The highest BCUT2D eigenvalue weighted by Gasteiger charge is 2.07. The van der Waals surface area contributed by atoms with Crippen LogP contribution in [0.3, 0.4) is 0 Å². The van der Waals surface area contributed by atoms with E-state index in [-0.39, 0.29) is 11.9 Å². The van der Waals surface area contributed by atoms with E-state index in [1.165, 1.54) is 12.1 Å². The first-order valence-electron chi connectivity index (χ1n) is 5.99. The fourth-order valence-corrected chi connectivity index (χ4v) is 2.27. The van der Waals surface area contributed by atoms with Crippen LogP contribution in [0.25, 0.3) is 0 Å². The van der Waals surface area contributed by atoms with E-state index in [1.54, 1.807) is 18.2 Å². The zero-order chi connectivity index (χ0) is 13.8. The molecule has 0 aliphatic heterocycles. The van der Waals surface area contributed by atoms with Gasteiger partial charge in [-0.25, -0.2) is 4.39 Å². The molecule has 1 nitrogen and oxygen atoms in total. The second kappa shape index (κ2) is 6.38. The standard InChI is InChI=1S/C15H14Cl2FN/c1-10(11-3-6-14(18)7-4-11)19-9-12-2-5-13(16)8-15(12)17/h2-8,10,19H,9H2,1H3/t10-/m0/s1. The van der Waals surface area contributed by atoms with Gasteiger partial charge in [0, 0.05) is 22.6 Å². The summed E-state index contributed by atoms with van der Waals surface area (Å²) < 4.78 is 12.8. The van der Waals surface area contributed by atoms with Crippen LogP contribution >= 0.6 is 23.2 Å². The van der Waals surface area contributed by atoms with Crippen LogP contribution in [0.5, 0.6) is 0 Å². The summed E-state index contributed by atoms with van der Waals surface area (Å²) in [5.41, 5.74) is 2.02. The Bertz CT molecular complexity index is 555. The van der Waals surface area contributed by atoms with E-state index in [9.17, 15) is 4.39 Å². The van der Waals surface area contributed by atoms with Gasteiger partial charge in [-0.05, 0) is 42.3 Å². The number of hydrogen-bond acceptors (Lipinski definition) is 1. The average Bonchev–Trinajstić information content (AvgIpc) is 2.38. The minimum absolute atomic E-state index is 0.118. The predicted octanol–water partition coefficient (Wildman–Crippen LogP) is 4.98. The first-order chi connectivity index (χ1) is 9.06. The normalized spacial score (nSPS) is 12.4. The summed E-state index contributed by atoms with van der Waals surface area (Å²) in [6.07, 6.45) is 0. The Hall–Kier alpha value is -1.09. The van der Waals surface area contributed by atoms with Crippen LogP contribution in [0, 0.1) is 5.82 Å². The van der Waals surface area contributed by atoms with Crippen LogP contribution in [0.15, 0.2) is 42.5 Å². The van der Waals surface area contributed by atoms with Gasteiger partial charge in [-0.2, -0.15) is 0 Å². The first-order valence-corrected chi connectivity index (χ1v) is 6.74. The third-order valence-electron chi connectivity index (χ3n) is 2.98. The lowest BCUT2D eigenvalue weighted by atomic mass is 10.1. The van der Waals surface area contributed by atoms with Crippen molar-refractivity contribution in [3.63, 3.8) is 0 Å². The Kier molecular flexibility index (Phi) is 4.81. The number of halogens is 3. The molecule has 0 unspecified atom stereocenters. The maximum absolute atomic E-state index is 12.8. The molecule has 0 aromatic heterocycles. The zero-order valence-corrected chi connectivity index (χ0v) is 12.0. The predicted molar refractivity (Wildman–Crippen MR) is 78.1 cm³/mol. The Balaban J connectivity index is 2.00. The Labute approximate surface area is 122 Å². The van der Waals surface area contributed by atoms with Crippen molar-refractivity contribution < 1.29 is 4.39 Å². The van der Waals surface area contributed by atoms with E-state index in [4.69, 9.17) is 23.2 Å². The third kappa shape index (κ3) is 3.93. The van der Waals surface area contributed by atoms with Gasteiger partial charge in [0.15, 0.2) is 0 Å². The molecule has 0 aliphatic rings. The molecule has 100 valence electrons. The third-order valence-corrected chi connectivity index (χ3v) is 3.57. The average molecular weight is 298 g/mol. The molecule has 0 amide bonds. The van der Waals surface area contributed by atoms with Gasteiger partial charge in [0.25, 0.3) is 0 Å². The van der Waals surface area contributed by atoms with Crippen molar-refractivity contribution in [1.82, 2.24) is 5.32 Å². The lowest BCUT2D eigenvalue weighted by Gasteiger charge is -2.15. The van der Waals surface area contributed by atoms with Crippen LogP contribution < -0.4 is 5.32 Å². The molecule has 1 N–H and O–H groups in total. The molecule has 0 saturated carbocycles. The maximum atomic E-state index is 12.8. The van der Waals surface area contributed by atoms with E-state index in [0.717, 1.165) is 11.1 Å². The van der Waals surface area contributed by atoms with Crippen molar-refractivity contribution in [3.8, 4) is 0 Å². The minimum Gasteiger partial charge on any atom is -0.306 e. The van der Waals surface area contributed by atoms with Gasteiger partial charge in [-0.3, -0.25) is 0 Å². The second-order valence-electron chi connectivity index (χ2n) is 4.39. The van der Waals surface area contributed by atoms with Crippen LogP contribution in [0.4, 0.5) is 4.39 Å². The highest BCUT2D eigenvalue weighted by Crippen LogP contribution is 2.22. The molecule has 0 fully saturated rings. The summed E-state index contributed by atoms with van der Waals surface area (Å²) in [7, 11) is 0. The zero-order valence-electron chi connectivity index (χ0n) is 10.5. The van der Waals surface area contributed by atoms with Crippen LogP contribution in [0.2, 0.25) is 10.0 Å². The summed E-state index contributed by atoms with van der Waals surface area (Å²) in [4.78, 5) is 0. The number of nitrogens with one attached hydrogen (secondary N) is 1. The van der Waals surface area contributed by atoms with E-state index in [2.05, 4.69) is 5.32 Å². The molecule has 0 radical (unpaired) electrons. The smallest absolute Gasteiger partial charge is 0.123 e. The van der Waals surface area contributed by atoms with Crippen molar-refractivity contribution in [2.24, 2.45) is 0 Å². The van der Waals surface area contributed by atoms with Gasteiger partial charge < -0.3 is 5.32 Å². The number of benzene rings is 2. The summed E-state index contributed by atoms with van der Waals surface area (Å²) in [6, 6.07) is 12.0. The first kappa shape index (κ1) is 14.3. The number of hydrogen-bond donors (Lipinski definition) is 1. The lowest BCUT2D eigenvalue weighted by Crippen LogP contribution is -2.18.